The molecule has 0 saturated carbocycles. The summed E-state index contributed by atoms with van der Waals surface area (Å²) in [7, 11) is 1.35. The summed E-state index contributed by atoms with van der Waals surface area (Å²) in [5.41, 5.74) is 1.70. The van der Waals surface area contributed by atoms with E-state index in [9.17, 15) is 9.18 Å². The van der Waals surface area contributed by atoms with Gasteiger partial charge in [0.25, 0.3) is 0 Å². The van der Waals surface area contributed by atoms with Crippen molar-refractivity contribution >= 4 is 16.9 Å². The van der Waals surface area contributed by atoms with E-state index in [4.69, 9.17) is 9.15 Å². The molecule has 5 heteroatoms. The van der Waals surface area contributed by atoms with Crippen molar-refractivity contribution in [1.82, 2.24) is 4.98 Å². The number of para-hydroxylation sites is 2. The Morgan fingerprint density at radius 3 is 2.86 bits per heavy atom. The van der Waals surface area contributed by atoms with E-state index in [1.165, 1.54) is 25.3 Å². The van der Waals surface area contributed by atoms with Crippen LogP contribution >= 0.6 is 0 Å². The van der Waals surface area contributed by atoms with Gasteiger partial charge in [-0.2, -0.15) is 0 Å². The van der Waals surface area contributed by atoms with Gasteiger partial charge in [0.1, 0.15) is 5.52 Å². The summed E-state index contributed by atoms with van der Waals surface area (Å²) in [5, 5.41) is 0. The van der Waals surface area contributed by atoms with Crippen LogP contribution in [-0.2, 0) is 6.42 Å². The molecule has 21 heavy (non-hydrogen) atoms. The molecule has 3 aromatic rings. The first kappa shape index (κ1) is 13.3. The Labute approximate surface area is 120 Å². The number of fused-ring (bicyclic) bond motifs is 1. The molecule has 0 N–H and O–H groups in total. The molecule has 0 radical (unpaired) electrons. The molecule has 1 heterocycles. The number of Topliss-reactive ketones (excluding diaryl/α,β-unsaturated/α-hetero) is 1. The average molecular weight is 285 g/mol. The Balaban J connectivity index is 1.85. The van der Waals surface area contributed by atoms with Crippen molar-refractivity contribution in [3.8, 4) is 5.75 Å². The van der Waals surface area contributed by atoms with Crippen molar-refractivity contribution in [2.45, 2.75) is 6.42 Å². The highest BCUT2D eigenvalue weighted by molar-refractivity contribution is 5.97. The fraction of sp³-hybridized carbons (Fsp3) is 0.125. The molecule has 1 aromatic heterocycles. The van der Waals surface area contributed by atoms with Crippen LogP contribution in [0, 0.1) is 5.82 Å². The average Bonchev–Trinajstić information content (AvgIpc) is 2.89. The molecule has 0 unspecified atom stereocenters. The second kappa shape index (κ2) is 5.36. The summed E-state index contributed by atoms with van der Waals surface area (Å²) >= 11 is 0. The SMILES string of the molecule is COc1cc(C(=O)Cc2nc3ccccc3o2)ccc1F. The van der Waals surface area contributed by atoms with Gasteiger partial charge in [0, 0.05) is 5.56 Å². The Kier molecular flexibility index (Phi) is 3.39. The number of nitrogens with zero attached hydrogens (tertiary/aromatic N) is 1. The fourth-order valence-electron chi connectivity index (χ4n) is 2.07. The van der Waals surface area contributed by atoms with Crippen LogP contribution in [0.15, 0.2) is 46.9 Å². The molecule has 3 rings (SSSR count). The predicted molar refractivity (Wildman–Crippen MR) is 75.0 cm³/mol. The lowest BCUT2D eigenvalue weighted by Gasteiger charge is -2.04. The topological polar surface area (TPSA) is 52.3 Å². The van der Waals surface area contributed by atoms with E-state index >= 15 is 0 Å². The van der Waals surface area contributed by atoms with Gasteiger partial charge in [0.05, 0.1) is 13.5 Å². The zero-order valence-electron chi connectivity index (χ0n) is 11.3. The molecule has 0 fully saturated rings. The minimum absolute atomic E-state index is 0.0173. The number of carbonyl (C=O) groups excluding carboxylic acids is 1. The molecular weight excluding hydrogens is 273 g/mol. The molecule has 0 atom stereocenters. The van der Waals surface area contributed by atoms with Crippen molar-refractivity contribution in [3.05, 3.63) is 59.7 Å². The summed E-state index contributed by atoms with van der Waals surface area (Å²) in [6.45, 7) is 0. The Morgan fingerprint density at radius 1 is 1.29 bits per heavy atom. The first-order chi connectivity index (χ1) is 10.2. The zero-order valence-corrected chi connectivity index (χ0v) is 11.3. The van der Waals surface area contributed by atoms with Crippen LogP contribution in [0.5, 0.6) is 5.75 Å². The summed E-state index contributed by atoms with van der Waals surface area (Å²) in [6, 6.07) is 11.3. The van der Waals surface area contributed by atoms with Gasteiger partial charge < -0.3 is 9.15 Å². The largest absolute Gasteiger partial charge is 0.494 e. The molecule has 4 nitrogen and oxygen atoms in total. The van der Waals surface area contributed by atoms with E-state index in [0.29, 0.717) is 22.6 Å². The van der Waals surface area contributed by atoms with Gasteiger partial charge in [0.2, 0.25) is 5.89 Å². The summed E-state index contributed by atoms with van der Waals surface area (Å²) in [6.07, 6.45) is 0.0173. The number of hydrogen-bond donors (Lipinski definition) is 0. The molecule has 0 bridgehead atoms. The highest BCUT2D eigenvalue weighted by atomic mass is 19.1. The maximum absolute atomic E-state index is 13.3. The lowest BCUT2D eigenvalue weighted by molar-refractivity contribution is 0.0985. The second-order valence-corrected chi connectivity index (χ2v) is 4.52. The minimum Gasteiger partial charge on any atom is -0.494 e. The first-order valence-corrected chi connectivity index (χ1v) is 6.38. The van der Waals surface area contributed by atoms with Crippen LogP contribution < -0.4 is 4.74 Å². The van der Waals surface area contributed by atoms with Crippen LogP contribution in [0.4, 0.5) is 4.39 Å². The number of benzene rings is 2. The third kappa shape index (κ3) is 2.63. The smallest absolute Gasteiger partial charge is 0.203 e. The maximum atomic E-state index is 13.3. The monoisotopic (exact) mass is 285 g/mol. The van der Waals surface area contributed by atoms with E-state index < -0.39 is 5.82 Å². The number of halogens is 1. The van der Waals surface area contributed by atoms with Crippen LogP contribution in [0.1, 0.15) is 16.2 Å². The van der Waals surface area contributed by atoms with E-state index in [1.54, 1.807) is 6.07 Å². The molecular formula is C16H12FNO3. The Bertz CT molecular complexity index is 777. The lowest BCUT2D eigenvalue weighted by atomic mass is 10.1. The molecule has 0 saturated heterocycles. The van der Waals surface area contributed by atoms with Gasteiger partial charge in [-0.25, -0.2) is 9.37 Å². The third-order valence-corrected chi connectivity index (χ3v) is 3.12. The van der Waals surface area contributed by atoms with Gasteiger partial charge in [-0.15, -0.1) is 0 Å². The Morgan fingerprint density at radius 2 is 2.10 bits per heavy atom. The zero-order chi connectivity index (χ0) is 14.8. The molecule has 0 aliphatic carbocycles. The van der Waals surface area contributed by atoms with Crippen LogP contribution in [-0.4, -0.2) is 17.9 Å². The normalized spacial score (nSPS) is 10.8. The lowest BCUT2D eigenvalue weighted by Crippen LogP contribution is -2.04. The van der Waals surface area contributed by atoms with Gasteiger partial charge in [-0.05, 0) is 30.3 Å². The maximum Gasteiger partial charge on any atom is 0.203 e. The van der Waals surface area contributed by atoms with Crippen molar-refractivity contribution in [2.75, 3.05) is 7.11 Å². The van der Waals surface area contributed by atoms with E-state index in [0.717, 1.165) is 0 Å². The van der Waals surface area contributed by atoms with Crippen LogP contribution in [0.25, 0.3) is 11.1 Å². The molecule has 0 spiro atoms. The molecule has 106 valence electrons. The summed E-state index contributed by atoms with van der Waals surface area (Å²) in [5.74, 6) is -0.335. The van der Waals surface area contributed by atoms with Crippen molar-refractivity contribution in [2.24, 2.45) is 0 Å². The standard InChI is InChI=1S/C16H12FNO3/c1-20-15-8-10(6-7-11(15)17)13(19)9-16-18-12-4-2-3-5-14(12)21-16/h2-8H,9H2,1H3. The number of methoxy groups -OCH3 is 1. The third-order valence-electron chi connectivity index (χ3n) is 3.12. The van der Waals surface area contributed by atoms with Crippen molar-refractivity contribution in [3.63, 3.8) is 0 Å². The fourth-order valence-corrected chi connectivity index (χ4v) is 2.07. The molecule has 0 amide bonds. The van der Waals surface area contributed by atoms with Crippen LogP contribution in [0.2, 0.25) is 0 Å². The number of oxazole rings is 1. The van der Waals surface area contributed by atoms with Gasteiger partial charge >= 0.3 is 0 Å². The minimum atomic E-state index is -0.504. The van der Waals surface area contributed by atoms with Gasteiger partial charge in [0.15, 0.2) is 22.9 Å². The number of ketones is 1. The van der Waals surface area contributed by atoms with Gasteiger partial charge in [-0.1, -0.05) is 12.1 Å². The quantitative estimate of drug-likeness (QED) is 0.689. The highest BCUT2D eigenvalue weighted by Crippen LogP contribution is 2.20. The van der Waals surface area contributed by atoms with Gasteiger partial charge in [-0.3, -0.25) is 4.79 Å². The van der Waals surface area contributed by atoms with Crippen molar-refractivity contribution in [1.29, 1.82) is 0 Å². The molecule has 2 aromatic carbocycles. The predicted octanol–water partition coefficient (Wildman–Crippen LogP) is 3.40. The highest BCUT2D eigenvalue weighted by Gasteiger charge is 2.14. The molecule has 0 aliphatic heterocycles. The molecule has 0 aliphatic rings. The first-order valence-electron chi connectivity index (χ1n) is 6.38. The number of hydrogen-bond acceptors (Lipinski definition) is 4. The number of ether oxygens (including phenoxy) is 1. The van der Waals surface area contributed by atoms with Crippen LogP contribution in [0.3, 0.4) is 0 Å². The number of carbonyl (C=O) groups is 1. The summed E-state index contributed by atoms with van der Waals surface area (Å²) in [4.78, 5) is 16.4. The number of aromatic nitrogens is 1. The Hall–Kier alpha value is -2.69. The van der Waals surface area contributed by atoms with E-state index in [-0.39, 0.29) is 18.0 Å². The van der Waals surface area contributed by atoms with E-state index in [1.807, 2.05) is 18.2 Å². The number of rotatable bonds is 4. The summed E-state index contributed by atoms with van der Waals surface area (Å²) < 4.78 is 23.7. The van der Waals surface area contributed by atoms with Crippen molar-refractivity contribution < 1.29 is 18.3 Å². The van der Waals surface area contributed by atoms with E-state index in [2.05, 4.69) is 4.98 Å². The second-order valence-electron chi connectivity index (χ2n) is 4.52.